The topological polar surface area (TPSA) is 104 Å². The number of aryl methyl sites for hydroxylation is 1. The second-order valence-corrected chi connectivity index (χ2v) is 7.34. The molecule has 0 saturated carbocycles. The average Bonchev–Trinajstić information content (AvgIpc) is 2.98. The summed E-state index contributed by atoms with van der Waals surface area (Å²) in [5.41, 5.74) is 3.28. The maximum absolute atomic E-state index is 11.4. The molecule has 1 aromatic heterocycles. The SMILES string of the molecule is CC(=O)Oc1cc(-c2ccc(C)cc2)n(-c2ccc(S(N)(=O)=O)cc2)n1. The number of ether oxygens (including phenoxy) is 1. The van der Waals surface area contributed by atoms with E-state index < -0.39 is 16.0 Å². The first-order valence-electron chi connectivity index (χ1n) is 7.73. The Morgan fingerprint density at radius 2 is 1.69 bits per heavy atom. The van der Waals surface area contributed by atoms with E-state index in [4.69, 9.17) is 9.88 Å². The summed E-state index contributed by atoms with van der Waals surface area (Å²) in [6, 6.07) is 15.4. The molecule has 3 aromatic rings. The highest BCUT2D eigenvalue weighted by atomic mass is 32.2. The van der Waals surface area contributed by atoms with Gasteiger partial charge in [-0.25, -0.2) is 18.2 Å². The molecule has 7 nitrogen and oxygen atoms in total. The smallest absolute Gasteiger partial charge is 0.309 e. The lowest BCUT2D eigenvalue weighted by Gasteiger charge is -2.08. The lowest BCUT2D eigenvalue weighted by atomic mass is 10.1. The van der Waals surface area contributed by atoms with Gasteiger partial charge < -0.3 is 4.74 Å². The minimum Gasteiger partial charge on any atom is -0.406 e. The molecule has 0 amide bonds. The second-order valence-electron chi connectivity index (χ2n) is 5.78. The molecule has 0 radical (unpaired) electrons. The minimum absolute atomic E-state index is 0.00509. The molecular formula is C18H17N3O4S. The number of hydrogen-bond donors (Lipinski definition) is 1. The normalized spacial score (nSPS) is 11.3. The highest BCUT2D eigenvalue weighted by Gasteiger charge is 2.15. The van der Waals surface area contributed by atoms with Crippen LogP contribution in [0, 0.1) is 6.92 Å². The zero-order valence-corrected chi connectivity index (χ0v) is 15.0. The number of sulfonamides is 1. The molecule has 0 atom stereocenters. The van der Waals surface area contributed by atoms with Crippen molar-refractivity contribution in [3.8, 4) is 22.8 Å². The van der Waals surface area contributed by atoms with E-state index in [1.165, 1.54) is 19.1 Å². The van der Waals surface area contributed by atoms with Crippen molar-refractivity contribution in [2.75, 3.05) is 0 Å². The summed E-state index contributed by atoms with van der Waals surface area (Å²) in [5.74, 6) is -0.321. The molecule has 8 heteroatoms. The van der Waals surface area contributed by atoms with Crippen molar-refractivity contribution >= 4 is 16.0 Å². The molecular weight excluding hydrogens is 354 g/mol. The number of aromatic nitrogens is 2. The summed E-state index contributed by atoms with van der Waals surface area (Å²) in [4.78, 5) is 11.3. The standard InChI is InChI=1S/C18H17N3O4S/c1-12-3-5-14(6-4-12)17-11-18(25-13(2)22)20-21(17)15-7-9-16(10-8-15)26(19,23)24/h3-11H,1-2H3,(H2,19,23,24). The third-order valence-corrected chi connectivity index (χ3v) is 4.62. The van der Waals surface area contributed by atoms with Crippen LogP contribution in [0.4, 0.5) is 0 Å². The molecule has 0 spiro atoms. The van der Waals surface area contributed by atoms with E-state index in [1.54, 1.807) is 22.9 Å². The quantitative estimate of drug-likeness (QED) is 0.709. The van der Waals surface area contributed by atoms with Crippen molar-refractivity contribution in [3.63, 3.8) is 0 Å². The molecule has 0 saturated heterocycles. The molecule has 0 bridgehead atoms. The van der Waals surface area contributed by atoms with Crippen LogP contribution in [0.15, 0.2) is 59.5 Å². The van der Waals surface area contributed by atoms with Crippen molar-refractivity contribution in [2.24, 2.45) is 5.14 Å². The number of benzene rings is 2. The third kappa shape index (κ3) is 3.81. The first kappa shape index (κ1) is 17.8. The van der Waals surface area contributed by atoms with Gasteiger partial charge in [-0.3, -0.25) is 4.79 Å². The molecule has 0 fully saturated rings. The van der Waals surface area contributed by atoms with Gasteiger partial charge in [0.25, 0.3) is 0 Å². The van der Waals surface area contributed by atoms with Crippen LogP contribution in [0.3, 0.4) is 0 Å². The Bertz CT molecular complexity index is 1050. The predicted octanol–water partition coefficient (Wildman–Crippen LogP) is 2.42. The van der Waals surface area contributed by atoms with Crippen molar-refractivity contribution in [2.45, 2.75) is 18.7 Å². The number of nitrogens with two attached hydrogens (primary N) is 1. The fraction of sp³-hybridized carbons (Fsp3) is 0.111. The van der Waals surface area contributed by atoms with E-state index in [2.05, 4.69) is 5.10 Å². The number of carbonyl (C=O) groups is 1. The van der Waals surface area contributed by atoms with Crippen LogP contribution in [-0.2, 0) is 14.8 Å². The molecule has 0 aliphatic rings. The number of carbonyl (C=O) groups excluding carboxylic acids is 1. The van der Waals surface area contributed by atoms with E-state index in [-0.39, 0.29) is 10.8 Å². The predicted molar refractivity (Wildman–Crippen MR) is 96.4 cm³/mol. The van der Waals surface area contributed by atoms with Gasteiger partial charge in [0.1, 0.15) is 0 Å². The zero-order valence-electron chi connectivity index (χ0n) is 14.2. The Morgan fingerprint density at radius 1 is 1.08 bits per heavy atom. The maximum atomic E-state index is 11.4. The molecule has 0 aliphatic heterocycles. The molecule has 2 aromatic carbocycles. The third-order valence-electron chi connectivity index (χ3n) is 3.69. The molecule has 0 aliphatic carbocycles. The van der Waals surface area contributed by atoms with Gasteiger partial charge in [-0.15, -0.1) is 5.10 Å². The van der Waals surface area contributed by atoms with Crippen LogP contribution in [0.1, 0.15) is 12.5 Å². The first-order valence-corrected chi connectivity index (χ1v) is 9.27. The van der Waals surface area contributed by atoms with Gasteiger partial charge in [0.15, 0.2) is 0 Å². The summed E-state index contributed by atoms with van der Waals surface area (Å²) in [7, 11) is -3.78. The van der Waals surface area contributed by atoms with Crippen LogP contribution < -0.4 is 9.88 Å². The summed E-state index contributed by atoms with van der Waals surface area (Å²) in [5, 5.41) is 9.44. The summed E-state index contributed by atoms with van der Waals surface area (Å²) >= 11 is 0. The van der Waals surface area contributed by atoms with Crippen LogP contribution in [0.5, 0.6) is 5.88 Å². The average molecular weight is 371 g/mol. The van der Waals surface area contributed by atoms with E-state index in [1.807, 2.05) is 31.2 Å². The molecule has 3 rings (SSSR count). The van der Waals surface area contributed by atoms with Gasteiger partial charge in [0.2, 0.25) is 15.9 Å². The lowest BCUT2D eigenvalue weighted by Crippen LogP contribution is -2.12. The summed E-state index contributed by atoms with van der Waals surface area (Å²) < 4.78 is 29.5. The van der Waals surface area contributed by atoms with Gasteiger partial charge in [0, 0.05) is 18.6 Å². The number of esters is 1. The Labute approximate surface area is 151 Å². The van der Waals surface area contributed by atoms with Crippen molar-refractivity contribution in [3.05, 3.63) is 60.2 Å². The largest absolute Gasteiger partial charge is 0.406 e. The van der Waals surface area contributed by atoms with Crippen molar-refractivity contribution in [1.29, 1.82) is 0 Å². The number of rotatable bonds is 4. The molecule has 1 heterocycles. The van der Waals surface area contributed by atoms with E-state index >= 15 is 0 Å². The van der Waals surface area contributed by atoms with Gasteiger partial charge >= 0.3 is 5.97 Å². The first-order chi connectivity index (χ1) is 12.2. The minimum atomic E-state index is -3.78. The molecule has 0 unspecified atom stereocenters. The van der Waals surface area contributed by atoms with Crippen molar-refractivity contribution < 1.29 is 17.9 Å². The van der Waals surface area contributed by atoms with Crippen LogP contribution in [0.2, 0.25) is 0 Å². The monoisotopic (exact) mass is 371 g/mol. The van der Waals surface area contributed by atoms with E-state index in [9.17, 15) is 13.2 Å². The summed E-state index contributed by atoms with van der Waals surface area (Å²) in [6.45, 7) is 3.28. The Morgan fingerprint density at radius 3 is 2.23 bits per heavy atom. The number of primary sulfonamides is 1. The van der Waals surface area contributed by atoms with Crippen molar-refractivity contribution in [1.82, 2.24) is 9.78 Å². The van der Waals surface area contributed by atoms with Gasteiger partial charge in [-0.05, 0) is 31.2 Å². The molecule has 2 N–H and O–H groups in total. The zero-order chi connectivity index (χ0) is 18.9. The van der Waals surface area contributed by atoms with E-state index in [0.717, 1.165) is 11.1 Å². The number of hydrogen-bond acceptors (Lipinski definition) is 5. The number of nitrogens with zero attached hydrogens (tertiary/aromatic N) is 2. The molecule has 26 heavy (non-hydrogen) atoms. The molecule has 134 valence electrons. The maximum Gasteiger partial charge on any atom is 0.309 e. The second kappa shape index (κ2) is 6.74. The Balaban J connectivity index is 2.11. The van der Waals surface area contributed by atoms with Crippen LogP contribution >= 0.6 is 0 Å². The van der Waals surface area contributed by atoms with Gasteiger partial charge in [-0.1, -0.05) is 29.8 Å². The van der Waals surface area contributed by atoms with Crippen LogP contribution in [0.25, 0.3) is 16.9 Å². The van der Waals surface area contributed by atoms with E-state index in [0.29, 0.717) is 11.4 Å². The fourth-order valence-corrected chi connectivity index (χ4v) is 2.98. The van der Waals surface area contributed by atoms with Crippen LogP contribution in [-0.4, -0.2) is 24.2 Å². The Kier molecular flexibility index (Phi) is 4.62. The Hall–Kier alpha value is -2.97. The lowest BCUT2D eigenvalue weighted by molar-refractivity contribution is -0.132. The highest BCUT2D eigenvalue weighted by Crippen LogP contribution is 2.28. The van der Waals surface area contributed by atoms with Gasteiger partial charge in [-0.2, -0.15) is 0 Å². The fourth-order valence-electron chi connectivity index (χ4n) is 2.46. The van der Waals surface area contributed by atoms with Gasteiger partial charge in [0.05, 0.1) is 16.3 Å². The highest BCUT2D eigenvalue weighted by molar-refractivity contribution is 7.89. The summed E-state index contributed by atoms with van der Waals surface area (Å²) in [6.07, 6.45) is 0.